The first-order valence-electron chi connectivity index (χ1n) is 9.73. The fourth-order valence-electron chi connectivity index (χ4n) is 3.55. The number of nitrogens with zero attached hydrogens (tertiary/aromatic N) is 3. The van der Waals surface area contributed by atoms with E-state index in [1.807, 2.05) is 35.2 Å². The molecule has 1 aromatic rings. The molecule has 2 aliphatic heterocycles. The summed E-state index contributed by atoms with van der Waals surface area (Å²) in [5.74, 6) is 0.572. The molecule has 1 amide bonds. The van der Waals surface area contributed by atoms with Gasteiger partial charge in [-0.1, -0.05) is 37.3 Å². The number of carbonyl (C=O) groups excluding carboxylic acids is 1. The Balaban J connectivity index is 1.42. The molecule has 3 rings (SSSR count). The van der Waals surface area contributed by atoms with Crippen molar-refractivity contribution in [2.75, 3.05) is 45.8 Å². The van der Waals surface area contributed by atoms with Crippen LogP contribution in [0.3, 0.4) is 0 Å². The van der Waals surface area contributed by atoms with Crippen LogP contribution in [0.4, 0.5) is 0 Å². The SMILES string of the molecule is CC1CCN(S(=O)(=O)N2CCN(CC(=O)NCc3ccccc3)CC2)CC1. The van der Waals surface area contributed by atoms with Crippen molar-refractivity contribution in [2.45, 2.75) is 26.3 Å². The first-order chi connectivity index (χ1) is 12.9. The highest BCUT2D eigenvalue weighted by atomic mass is 32.2. The van der Waals surface area contributed by atoms with Crippen molar-refractivity contribution >= 4 is 16.1 Å². The van der Waals surface area contributed by atoms with Crippen molar-refractivity contribution in [3.8, 4) is 0 Å². The van der Waals surface area contributed by atoms with E-state index in [1.165, 1.54) is 0 Å². The molecular formula is C19H30N4O3S. The second-order valence-corrected chi connectivity index (χ2v) is 9.46. The van der Waals surface area contributed by atoms with Gasteiger partial charge in [-0.2, -0.15) is 17.0 Å². The summed E-state index contributed by atoms with van der Waals surface area (Å²) in [6, 6.07) is 9.80. The van der Waals surface area contributed by atoms with Crippen molar-refractivity contribution in [3.05, 3.63) is 35.9 Å². The summed E-state index contributed by atoms with van der Waals surface area (Å²) in [5.41, 5.74) is 1.07. The highest BCUT2D eigenvalue weighted by Crippen LogP contribution is 2.21. The Morgan fingerprint density at radius 2 is 1.59 bits per heavy atom. The van der Waals surface area contributed by atoms with Gasteiger partial charge in [0.15, 0.2) is 0 Å². The van der Waals surface area contributed by atoms with Gasteiger partial charge < -0.3 is 5.32 Å². The Bertz CT molecular complexity index is 710. The summed E-state index contributed by atoms with van der Waals surface area (Å²) in [5, 5.41) is 2.92. The van der Waals surface area contributed by atoms with Gasteiger partial charge in [0, 0.05) is 45.8 Å². The van der Waals surface area contributed by atoms with Crippen LogP contribution in [0.2, 0.25) is 0 Å². The summed E-state index contributed by atoms with van der Waals surface area (Å²) in [4.78, 5) is 14.2. The van der Waals surface area contributed by atoms with Crippen molar-refractivity contribution in [1.29, 1.82) is 0 Å². The summed E-state index contributed by atoms with van der Waals surface area (Å²) in [6.45, 7) is 6.29. The van der Waals surface area contributed by atoms with Gasteiger partial charge in [0.05, 0.1) is 6.54 Å². The lowest BCUT2D eigenvalue weighted by molar-refractivity contribution is -0.122. The molecule has 8 heteroatoms. The zero-order valence-electron chi connectivity index (χ0n) is 16.0. The van der Waals surface area contributed by atoms with E-state index in [1.54, 1.807) is 8.61 Å². The van der Waals surface area contributed by atoms with Gasteiger partial charge >= 0.3 is 0 Å². The molecule has 2 fully saturated rings. The van der Waals surface area contributed by atoms with Crippen LogP contribution >= 0.6 is 0 Å². The second-order valence-electron chi connectivity index (χ2n) is 7.53. The number of piperidine rings is 1. The first kappa shape index (κ1) is 20.3. The standard InChI is InChI=1S/C19H30N4O3S/c1-17-7-9-22(10-8-17)27(25,26)23-13-11-21(12-14-23)16-19(24)20-15-18-5-3-2-4-6-18/h2-6,17H,7-16H2,1H3,(H,20,24). The van der Waals surface area contributed by atoms with E-state index in [4.69, 9.17) is 0 Å². The maximum absolute atomic E-state index is 12.8. The molecule has 2 saturated heterocycles. The van der Waals surface area contributed by atoms with E-state index in [0.717, 1.165) is 18.4 Å². The average molecular weight is 395 g/mol. The van der Waals surface area contributed by atoms with E-state index < -0.39 is 10.2 Å². The minimum absolute atomic E-state index is 0.0276. The number of hydrogen-bond donors (Lipinski definition) is 1. The Morgan fingerprint density at radius 1 is 1.00 bits per heavy atom. The van der Waals surface area contributed by atoms with Crippen LogP contribution in [0, 0.1) is 5.92 Å². The Labute approximate surface area is 162 Å². The number of nitrogens with one attached hydrogen (secondary N) is 1. The van der Waals surface area contributed by atoms with Crippen LogP contribution in [0.15, 0.2) is 30.3 Å². The van der Waals surface area contributed by atoms with Crippen LogP contribution in [0.25, 0.3) is 0 Å². The van der Waals surface area contributed by atoms with Crippen LogP contribution in [-0.4, -0.2) is 73.6 Å². The molecule has 0 unspecified atom stereocenters. The third kappa shape index (κ3) is 5.51. The largest absolute Gasteiger partial charge is 0.351 e. The molecule has 0 saturated carbocycles. The molecule has 150 valence electrons. The van der Waals surface area contributed by atoms with Gasteiger partial charge in [0.2, 0.25) is 5.91 Å². The predicted octanol–water partition coefficient (Wildman–Crippen LogP) is 0.897. The van der Waals surface area contributed by atoms with Gasteiger partial charge in [0.1, 0.15) is 0 Å². The van der Waals surface area contributed by atoms with Gasteiger partial charge in [-0.15, -0.1) is 0 Å². The molecular weight excluding hydrogens is 364 g/mol. The van der Waals surface area contributed by atoms with E-state index in [0.29, 0.717) is 58.3 Å². The third-order valence-electron chi connectivity index (χ3n) is 5.43. The highest BCUT2D eigenvalue weighted by molar-refractivity contribution is 7.86. The minimum atomic E-state index is -3.37. The average Bonchev–Trinajstić information content (AvgIpc) is 2.68. The van der Waals surface area contributed by atoms with Crippen LogP contribution < -0.4 is 5.32 Å². The first-order valence-corrected chi connectivity index (χ1v) is 11.1. The predicted molar refractivity (Wildman–Crippen MR) is 105 cm³/mol. The Kier molecular flexibility index (Phi) is 6.86. The molecule has 0 aromatic heterocycles. The third-order valence-corrected chi connectivity index (χ3v) is 7.46. The van der Waals surface area contributed by atoms with Gasteiger partial charge in [-0.05, 0) is 24.3 Å². The molecule has 0 bridgehead atoms. The van der Waals surface area contributed by atoms with E-state index in [9.17, 15) is 13.2 Å². The van der Waals surface area contributed by atoms with Gasteiger partial charge in [0.25, 0.3) is 10.2 Å². The molecule has 1 aromatic carbocycles. The van der Waals surface area contributed by atoms with E-state index in [2.05, 4.69) is 12.2 Å². The van der Waals surface area contributed by atoms with Crippen LogP contribution in [-0.2, 0) is 21.5 Å². The van der Waals surface area contributed by atoms with E-state index >= 15 is 0 Å². The summed E-state index contributed by atoms with van der Waals surface area (Å²) >= 11 is 0. The fourth-order valence-corrected chi connectivity index (χ4v) is 5.18. The van der Waals surface area contributed by atoms with Gasteiger partial charge in [-0.25, -0.2) is 0 Å². The second kappa shape index (κ2) is 9.14. The van der Waals surface area contributed by atoms with Gasteiger partial charge in [-0.3, -0.25) is 9.69 Å². The maximum Gasteiger partial charge on any atom is 0.282 e. The number of piperazine rings is 1. The Hall–Kier alpha value is -1.48. The normalized spacial score (nSPS) is 21.2. The lowest BCUT2D eigenvalue weighted by Gasteiger charge is -2.38. The molecule has 0 spiro atoms. The van der Waals surface area contributed by atoms with Crippen LogP contribution in [0.5, 0.6) is 0 Å². The zero-order valence-corrected chi connectivity index (χ0v) is 16.8. The number of amides is 1. The maximum atomic E-state index is 12.8. The summed E-state index contributed by atoms with van der Waals surface area (Å²) in [6.07, 6.45) is 1.86. The van der Waals surface area contributed by atoms with Crippen molar-refractivity contribution in [2.24, 2.45) is 5.92 Å². The molecule has 2 heterocycles. The fraction of sp³-hybridized carbons (Fsp3) is 0.632. The minimum Gasteiger partial charge on any atom is -0.351 e. The molecule has 0 radical (unpaired) electrons. The monoisotopic (exact) mass is 394 g/mol. The zero-order chi connectivity index (χ0) is 19.3. The summed E-state index contributed by atoms with van der Waals surface area (Å²) < 4.78 is 28.8. The highest BCUT2D eigenvalue weighted by Gasteiger charge is 2.34. The molecule has 0 aliphatic carbocycles. The lowest BCUT2D eigenvalue weighted by atomic mass is 10.0. The van der Waals surface area contributed by atoms with Crippen LogP contribution in [0.1, 0.15) is 25.3 Å². The van der Waals surface area contributed by atoms with E-state index in [-0.39, 0.29) is 5.91 Å². The number of benzene rings is 1. The van der Waals surface area contributed by atoms with Crippen molar-refractivity contribution < 1.29 is 13.2 Å². The molecule has 2 aliphatic rings. The summed E-state index contributed by atoms with van der Waals surface area (Å²) in [7, 11) is -3.37. The topological polar surface area (TPSA) is 73.0 Å². The molecule has 27 heavy (non-hydrogen) atoms. The Morgan fingerprint density at radius 3 is 2.22 bits per heavy atom. The quantitative estimate of drug-likeness (QED) is 0.778. The van der Waals surface area contributed by atoms with Crippen molar-refractivity contribution in [3.63, 3.8) is 0 Å². The lowest BCUT2D eigenvalue weighted by Crippen LogP contribution is -2.55. The molecule has 7 nitrogen and oxygen atoms in total. The number of hydrogen-bond acceptors (Lipinski definition) is 4. The number of carbonyl (C=O) groups is 1. The number of rotatable bonds is 6. The van der Waals surface area contributed by atoms with Crippen molar-refractivity contribution in [1.82, 2.24) is 18.8 Å². The smallest absolute Gasteiger partial charge is 0.282 e. The molecule has 1 N–H and O–H groups in total. The molecule has 0 atom stereocenters.